The molecule has 1 aromatic rings. The lowest BCUT2D eigenvalue weighted by Crippen LogP contribution is -2.09. The van der Waals surface area contributed by atoms with Crippen LogP contribution in [0.15, 0.2) is 0 Å². The molecule has 0 amide bonds. The smallest absolute Gasteiger partial charge is 0.0812 e. The summed E-state index contributed by atoms with van der Waals surface area (Å²) in [6, 6.07) is 0. The molecule has 3 heteroatoms. The van der Waals surface area contributed by atoms with Crippen molar-refractivity contribution in [3.05, 3.63) is 20.9 Å². The lowest BCUT2D eigenvalue weighted by atomic mass is 9.98. The summed E-state index contributed by atoms with van der Waals surface area (Å²) in [7, 11) is 0. The van der Waals surface area contributed by atoms with Crippen molar-refractivity contribution in [2.75, 3.05) is 6.61 Å². The first-order valence-electron chi connectivity index (χ1n) is 5.51. The average Bonchev–Trinajstić information content (AvgIpc) is 2.56. The van der Waals surface area contributed by atoms with Crippen molar-refractivity contribution in [1.29, 1.82) is 0 Å². The fraction of sp³-hybridized carbons (Fsp3) is 0.667. The van der Waals surface area contributed by atoms with Gasteiger partial charge in [0.15, 0.2) is 0 Å². The monoisotopic (exact) mass is 242 g/mol. The maximum Gasteiger partial charge on any atom is 0.0812 e. The Morgan fingerprint density at radius 3 is 2.67 bits per heavy atom. The molecule has 0 aromatic carbocycles. The van der Waals surface area contributed by atoms with E-state index in [-0.39, 0.29) is 0 Å². The van der Waals surface area contributed by atoms with Crippen molar-refractivity contribution in [2.45, 2.75) is 45.0 Å². The molecule has 1 aliphatic heterocycles. The van der Waals surface area contributed by atoms with Crippen molar-refractivity contribution in [2.24, 2.45) is 0 Å². The molecule has 15 heavy (non-hydrogen) atoms. The first kappa shape index (κ1) is 11.5. The van der Waals surface area contributed by atoms with Gasteiger partial charge >= 0.3 is 0 Å². The highest BCUT2D eigenvalue weighted by Gasteiger charge is 2.24. The topological polar surface area (TPSA) is 9.23 Å². The van der Waals surface area contributed by atoms with Crippen LogP contribution in [0.5, 0.6) is 0 Å². The summed E-state index contributed by atoms with van der Waals surface area (Å²) in [6.07, 6.45) is 1.07. The van der Waals surface area contributed by atoms with Crippen LogP contribution in [-0.2, 0) is 17.8 Å². The molecule has 1 aliphatic rings. The molecule has 84 valence electrons. The Labute approximate surface area is 101 Å². The second-order valence-corrected chi connectivity index (χ2v) is 6.33. The highest BCUT2D eigenvalue weighted by molar-refractivity contribution is 7.80. The summed E-state index contributed by atoms with van der Waals surface area (Å²) in [5, 5.41) is 0.348. The maximum atomic E-state index is 5.51. The third-order valence-corrected chi connectivity index (χ3v) is 4.61. The molecule has 2 rings (SSSR count). The molecule has 0 fully saturated rings. The van der Waals surface area contributed by atoms with Gasteiger partial charge in [0.05, 0.1) is 13.2 Å². The van der Waals surface area contributed by atoms with Gasteiger partial charge in [-0.15, -0.1) is 11.3 Å². The average molecular weight is 242 g/mol. The zero-order chi connectivity index (χ0) is 11.0. The number of hydrogen-bond acceptors (Lipinski definition) is 3. The van der Waals surface area contributed by atoms with E-state index in [0.29, 0.717) is 11.2 Å². The Hall–Kier alpha value is 0.01000. The number of thiophene rings is 1. The number of ether oxygens (including phenoxy) is 1. The summed E-state index contributed by atoms with van der Waals surface area (Å²) in [5.74, 6) is 0.602. The number of thiol groups is 1. The van der Waals surface area contributed by atoms with Gasteiger partial charge in [-0.3, -0.25) is 0 Å². The molecule has 1 aromatic heterocycles. The zero-order valence-corrected chi connectivity index (χ0v) is 11.3. The Bertz CT molecular complexity index is 353. The van der Waals surface area contributed by atoms with Gasteiger partial charge in [-0.05, 0) is 30.4 Å². The van der Waals surface area contributed by atoms with Gasteiger partial charge in [0.1, 0.15) is 0 Å². The first-order chi connectivity index (χ1) is 7.11. The second-order valence-electron chi connectivity index (χ2n) is 4.41. The van der Waals surface area contributed by atoms with Crippen LogP contribution < -0.4 is 0 Å². The summed E-state index contributed by atoms with van der Waals surface area (Å²) >= 11 is 6.54. The van der Waals surface area contributed by atoms with Crippen LogP contribution in [0.1, 0.15) is 52.8 Å². The van der Waals surface area contributed by atoms with E-state index in [2.05, 4.69) is 33.4 Å². The fourth-order valence-electron chi connectivity index (χ4n) is 2.16. The van der Waals surface area contributed by atoms with Gasteiger partial charge in [-0.2, -0.15) is 12.6 Å². The Balaban J connectivity index is 2.51. The summed E-state index contributed by atoms with van der Waals surface area (Å²) in [6.45, 7) is 8.37. The van der Waals surface area contributed by atoms with Crippen LogP contribution in [0.2, 0.25) is 0 Å². The van der Waals surface area contributed by atoms with E-state index in [9.17, 15) is 0 Å². The van der Waals surface area contributed by atoms with Gasteiger partial charge < -0.3 is 4.74 Å². The summed E-state index contributed by atoms with van der Waals surface area (Å²) in [4.78, 5) is 2.94. The molecule has 2 heterocycles. The van der Waals surface area contributed by atoms with E-state index in [1.54, 1.807) is 0 Å². The second kappa shape index (κ2) is 4.48. The predicted octanol–water partition coefficient (Wildman–Crippen LogP) is 3.94. The van der Waals surface area contributed by atoms with E-state index in [1.807, 2.05) is 11.3 Å². The zero-order valence-electron chi connectivity index (χ0n) is 9.54. The molecule has 0 N–H and O–H groups in total. The van der Waals surface area contributed by atoms with Gasteiger partial charge in [0.2, 0.25) is 0 Å². The van der Waals surface area contributed by atoms with Gasteiger partial charge in [-0.1, -0.05) is 13.8 Å². The van der Waals surface area contributed by atoms with Crippen LogP contribution in [0.25, 0.3) is 0 Å². The van der Waals surface area contributed by atoms with Crippen molar-refractivity contribution in [3.63, 3.8) is 0 Å². The maximum absolute atomic E-state index is 5.51. The predicted molar refractivity (Wildman–Crippen MR) is 69.2 cm³/mol. The van der Waals surface area contributed by atoms with Crippen LogP contribution in [0, 0.1) is 0 Å². The van der Waals surface area contributed by atoms with Crippen molar-refractivity contribution in [3.8, 4) is 0 Å². The lowest BCUT2D eigenvalue weighted by molar-refractivity contribution is 0.113. The van der Waals surface area contributed by atoms with Gasteiger partial charge in [-0.25, -0.2) is 0 Å². The van der Waals surface area contributed by atoms with Crippen LogP contribution in [0.4, 0.5) is 0 Å². The lowest BCUT2D eigenvalue weighted by Gasteiger charge is -2.16. The molecule has 0 radical (unpaired) electrons. The van der Waals surface area contributed by atoms with E-state index < -0.39 is 0 Å². The van der Waals surface area contributed by atoms with E-state index >= 15 is 0 Å². The third kappa shape index (κ3) is 2.10. The molecule has 0 spiro atoms. The van der Waals surface area contributed by atoms with Crippen molar-refractivity contribution >= 4 is 24.0 Å². The number of rotatable bonds is 2. The van der Waals surface area contributed by atoms with E-state index in [1.165, 1.54) is 20.9 Å². The Morgan fingerprint density at radius 2 is 2.07 bits per heavy atom. The molecule has 1 atom stereocenters. The van der Waals surface area contributed by atoms with Crippen LogP contribution in [0.3, 0.4) is 0 Å². The molecule has 0 aliphatic carbocycles. The summed E-state index contributed by atoms with van der Waals surface area (Å²) in [5.41, 5.74) is 3.01. The Morgan fingerprint density at radius 1 is 1.33 bits per heavy atom. The number of hydrogen-bond donors (Lipinski definition) is 1. The van der Waals surface area contributed by atoms with E-state index in [4.69, 9.17) is 4.74 Å². The highest BCUT2D eigenvalue weighted by Crippen LogP contribution is 2.41. The molecule has 0 bridgehead atoms. The van der Waals surface area contributed by atoms with Gasteiger partial charge in [0.25, 0.3) is 0 Å². The fourth-order valence-corrected chi connectivity index (χ4v) is 3.94. The molecule has 0 saturated carbocycles. The third-order valence-electron chi connectivity index (χ3n) is 2.83. The minimum atomic E-state index is 0.348. The highest BCUT2D eigenvalue weighted by atomic mass is 32.1. The van der Waals surface area contributed by atoms with Crippen LogP contribution >= 0.6 is 24.0 Å². The SMILES string of the molecule is CC(C)c1sc2c(c1C(C)S)CCOC2. The molecule has 1 nitrogen and oxygen atoms in total. The Kier molecular flexibility index (Phi) is 3.43. The van der Waals surface area contributed by atoms with E-state index in [0.717, 1.165) is 19.6 Å². The minimum Gasteiger partial charge on any atom is -0.376 e. The standard InChI is InChI=1S/C12H18OS2/c1-7(2)12-11(8(3)14)9-4-5-13-6-10(9)15-12/h7-8,14H,4-6H2,1-3H3. The molecular weight excluding hydrogens is 224 g/mol. The van der Waals surface area contributed by atoms with Crippen molar-refractivity contribution < 1.29 is 4.74 Å². The minimum absolute atomic E-state index is 0.348. The summed E-state index contributed by atoms with van der Waals surface area (Å²) < 4.78 is 5.51. The largest absolute Gasteiger partial charge is 0.376 e. The molecular formula is C12H18OS2. The van der Waals surface area contributed by atoms with Crippen LogP contribution in [-0.4, -0.2) is 6.61 Å². The molecule has 1 unspecified atom stereocenters. The quantitative estimate of drug-likeness (QED) is 0.773. The number of fused-ring (bicyclic) bond motifs is 1. The van der Waals surface area contributed by atoms with Crippen molar-refractivity contribution in [1.82, 2.24) is 0 Å². The molecule has 0 saturated heterocycles. The van der Waals surface area contributed by atoms with Gasteiger partial charge in [0, 0.05) is 15.0 Å². The first-order valence-corrected chi connectivity index (χ1v) is 6.84. The normalized spacial score (nSPS) is 17.9.